The fraction of sp³-hybridized carbons (Fsp3) is 0.167. The number of anilines is 2. The molecule has 0 spiro atoms. The summed E-state index contributed by atoms with van der Waals surface area (Å²) in [6.07, 6.45) is 1.73. The zero-order valence-electron chi connectivity index (χ0n) is 9.65. The van der Waals surface area contributed by atoms with Gasteiger partial charge in [0.05, 0.1) is 0 Å². The van der Waals surface area contributed by atoms with Crippen LogP contribution in [0.25, 0.3) is 0 Å². The summed E-state index contributed by atoms with van der Waals surface area (Å²) in [4.78, 5) is 17.1. The second kappa shape index (κ2) is 4.55. The standard InChI is InChI=1S/C12H13N3OS/c1-7-3-9(5-10(13)4-7)11(16)15-12-14-6-8(2)17-12/h3-6H,13H2,1-2H3,(H,14,15,16). The molecule has 1 heterocycles. The van der Waals surface area contributed by atoms with Crippen LogP contribution in [-0.2, 0) is 0 Å². The van der Waals surface area contributed by atoms with E-state index in [9.17, 15) is 4.79 Å². The molecule has 4 nitrogen and oxygen atoms in total. The lowest BCUT2D eigenvalue weighted by Gasteiger charge is -2.04. The Labute approximate surface area is 103 Å². The van der Waals surface area contributed by atoms with Crippen molar-refractivity contribution in [3.05, 3.63) is 40.4 Å². The minimum Gasteiger partial charge on any atom is -0.399 e. The number of carbonyl (C=O) groups is 1. The van der Waals surface area contributed by atoms with E-state index >= 15 is 0 Å². The van der Waals surface area contributed by atoms with Crippen LogP contribution in [0.3, 0.4) is 0 Å². The predicted octanol–water partition coefficient (Wildman–Crippen LogP) is 2.59. The summed E-state index contributed by atoms with van der Waals surface area (Å²) in [6, 6.07) is 5.28. The van der Waals surface area contributed by atoms with E-state index < -0.39 is 0 Å². The molecule has 1 aromatic carbocycles. The minimum atomic E-state index is -0.185. The Morgan fingerprint density at radius 2 is 2.12 bits per heavy atom. The number of nitrogens with zero attached hydrogens (tertiary/aromatic N) is 1. The van der Waals surface area contributed by atoms with Gasteiger partial charge in [-0.2, -0.15) is 0 Å². The highest BCUT2D eigenvalue weighted by atomic mass is 32.1. The second-order valence-electron chi connectivity index (χ2n) is 3.86. The summed E-state index contributed by atoms with van der Waals surface area (Å²) in [5.41, 5.74) is 7.80. The molecule has 0 unspecified atom stereocenters. The molecule has 0 aliphatic rings. The van der Waals surface area contributed by atoms with Gasteiger partial charge in [0.15, 0.2) is 5.13 Å². The van der Waals surface area contributed by atoms with Crippen molar-refractivity contribution < 1.29 is 4.79 Å². The fourth-order valence-corrected chi connectivity index (χ4v) is 2.19. The predicted molar refractivity (Wildman–Crippen MR) is 70.4 cm³/mol. The summed E-state index contributed by atoms with van der Waals surface area (Å²) in [7, 11) is 0. The molecule has 2 rings (SSSR count). The van der Waals surface area contributed by atoms with Gasteiger partial charge in [-0.25, -0.2) is 4.98 Å². The number of amides is 1. The van der Waals surface area contributed by atoms with Gasteiger partial charge in [-0.1, -0.05) is 0 Å². The molecule has 1 aromatic heterocycles. The molecule has 0 bridgehead atoms. The van der Waals surface area contributed by atoms with Gasteiger partial charge in [0.1, 0.15) is 0 Å². The average Bonchev–Trinajstić information content (AvgIpc) is 2.62. The Balaban J connectivity index is 2.19. The van der Waals surface area contributed by atoms with Crippen molar-refractivity contribution in [2.75, 3.05) is 11.1 Å². The van der Waals surface area contributed by atoms with E-state index in [4.69, 9.17) is 5.73 Å². The Bertz CT molecular complexity index is 542. The molecule has 3 N–H and O–H groups in total. The zero-order valence-corrected chi connectivity index (χ0v) is 10.5. The smallest absolute Gasteiger partial charge is 0.257 e. The quantitative estimate of drug-likeness (QED) is 0.801. The van der Waals surface area contributed by atoms with Crippen LogP contribution in [0.1, 0.15) is 20.8 Å². The van der Waals surface area contributed by atoms with E-state index in [1.807, 2.05) is 19.9 Å². The van der Waals surface area contributed by atoms with Crippen LogP contribution in [0.2, 0.25) is 0 Å². The monoisotopic (exact) mass is 247 g/mol. The number of nitrogen functional groups attached to an aromatic ring is 1. The normalized spacial score (nSPS) is 10.2. The third-order valence-corrected chi connectivity index (χ3v) is 3.03. The molecule has 0 atom stereocenters. The van der Waals surface area contributed by atoms with Gasteiger partial charge in [0, 0.05) is 22.3 Å². The molecule has 0 saturated carbocycles. The van der Waals surface area contributed by atoms with Gasteiger partial charge in [-0.15, -0.1) is 11.3 Å². The lowest BCUT2D eigenvalue weighted by atomic mass is 10.1. The first kappa shape index (κ1) is 11.6. The SMILES string of the molecule is Cc1cc(N)cc(C(=O)Nc2ncc(C)s2)c1. The number of aryl methyl sites for hydroxylation is 2. The van der Waals surface area contributed by atoms with E-state index in [1.165, 1.54) is 11.3 Å². The molecule has 0 saturated heterocycles. The largest absolute Gasteiger partial charge is 0.399 e. The van der Waals surface area contributed by atoms with Gasteiger partial charge in [-0.3, -0.25) is 10.1 Å². The molecule has 88 valence electrons. The van der Waals surface area contributed by atoms with Crippen molar-refractivity contribution in [3.8, 4) is 0 Å². The van der Waals surface area contributed by atoms with E-state index in [-0.39, 0.29) is 5.91 Å². The number of hydrogen-bond donors (Lipinski definition) is 2. The molecular formula is C12H13N3OS. The molecule has 5 heteroatoms. The number of nitrogens with two attached hydrogens (primary N) is 1. The van der Waals surface area contributed by atoms with Crippen LogP contribution in [0.5, 0.6) is 0 Å². The highest BCUT2D eigenvalue weighted by Crippen LogP contribution is 2.18. The number of carbonyl (C=O) groups excluding carboxylic acids is 1. The lowest BCUT2D eigenvalue weighted by Crippen LogP contribution is -2.12. The maximum absolute atomic E-state index is 11.9. The van der Waals surface area contributed by atoms with Crippen molar-refractivity contribution in [3.63, 3.8) is 0 Å². The summed E-state index contributed by atoms with van der Waals surface area (Å²) in [5, 5.41) is 3.35. The molecule has 1 amide bonds. The van der Waals surface area contributed by atoms with E-state index in [0.29, 0.717) is 16.4 Å². The first-order chi connectivity index (χ1) is 8.04. The van der Waals surface area contributed by atoms with E-state index in [0.717, 1.165) is 10.4 Å². The number of rotatable bonds is 2. The third-order valence-electron chi connectivity index (χ3n) is 2.20. The molecule has 17 heavy (non-hydrogen) atoms. The van der Waals surface area contributed by atoms with Crippen LogP contribution in [0.4, 0.5) is 10.8 Å². The van der Waals surface area contributed by atoms with Crippen molar-refractivity contribution in [2.24, 2.45) is 0 Å². The van der Waals surface area contributed by atoms with Gasteiger partial charge in [-0.05, 0) is 37.6 Å². The summed E-state index contributed by atoms with van der Waals surface area (Å²) in [5.74, 6) is -0.185. The molecular weight excluding hydrogens is 234 g/mol. The Morgan fingerprint density at radius 1 is 1.35 bits per heavy atom. The van der Waals surface area contributed by atoms with Crippen LogP contribution < -0.4 is 11.1 Å². The number of hydrogen-bond acceptors (Lipinski definition) is 4. The van der Waals surface area contributed by atoms with Gasteiger partial charge in [0.2, 0.25) is 0 Å². The van der Waals surface area contributed by atoms with Gasteiger partial charge < -0.3 is 5.73 Å². The minimum absolute atomic E-state index is 0.185. The maximum Gasteiger partial charge on any atom is 0.257 e. The zero-order chi connectivity index (χ0) is 12.4. The molecule has 0 radical (unpaired) electrons. The number of nitrogens with one attached hydrogen (secondary N) is 1. The summed E-state index contributed by atoms with van der Waals surface area (Å²) < 4.78 is 0. The number of aromatic nitrogens is 1. The van der Waals surface area contributed by atoms with Crippen molar-refractivity contribution in [2.45, 2.75) is 13.8 Å². The summed E-state index contributed by atoms with van der Waals surface area (Å²) >= 11 is 1.44. The van der Waals surface area contributed by atoms with Crippen molar-refractivity contribution in [1.82, 2.24) is 4.98 Å². The molecule has 0 fully saturated rings. The van der Waals surface area contributed by atoms with Crippen molar-refractivity contribution in [1.29, 1.82) is 0 Å². The third kappa shape index (κ3) is 2.82. The van der Waals surface area contributed by atoms with Crippen LogP contribution in [0, 0.1) is 13.8 Å². The maximum atomic E-state index is 11.9. The van der Waals surface area contributed by atoms with E-state index in [2.05, 4.69) is 10.3 Å². The van der Waals surface area contributed by atoms with Crippen molar-refractivity contribution >= 4 is 28.1 Å². The average molecular weight is 247 g/mol. The Hall–Kier alpha value is -1.88. The fourth-order valence-electron chi connectivity index (χ4n) is 1.53. The highest BCUT2D eigenvalue weighted by Gasteiger charge is 2.09. The van der Waals surface area contributed by atoms with Crippen LogP contribution >= 0.6 is 11.3 Å². The van der Waals surface area contributed by atoms with Crippen LogP contribution in [-0.4, -0.2) is 10.9 Å². The first-order valence-corrected chi connectivity index (χ1v) is 5.97. The van der Waals surface area contributed by atoms with Gasteiger partial charge in [0.25, 0.3) is 5.91 Å². The first-order valence-electron chi connectivity index (χ1n) is 5.15. The number of thiazole rings is 1. The van der Waals surface area contributed by atoms with Gasteiger partial charge >= 0.3 is 0 Å². The highest BCUT2D eigenvalue weighted by molar-refractivity contribution is 7.15. The topological polar surface area (TPSA) is 68.0 Å². The van der Waals surface area contributed by atoms with E-state index in [1.54, 1.807) is 18.3 Å². The van der Waals surface area contributed by atoms with Crippen LogP contribution in [0.15, 0.2) is 24.4 Å². The summed E-state index contributed by atoms with van der Waals surface area (Å²) in [6.45, 7) is 3.85. The Kier molecular flexibility index (Phi) is 3.10. The lowest BCUT2D eigenvalue weighted by molar-refractivity contribution is 0.102. The molecule has 2 aromatic rings. The number of benzene rings is 1. The Morgan fingerprint density at radius 3 is 2.71 bits per heavy atom. The molecule has 0 aliphatic carbocycles. The second-order valence-corrected chi connectivity index (χ2v) is 5.10. The molecule has 0 aliphatic heterocycles.